The third-order valence-electron chi connectivity index (χ3n) is 5.17. The van der Waals surface area contributed by atoms with Gasteiger partial charge >= 0.3 is 0 Å². The molecule has 0 bridgehead atoms. The van der Waals surface area contributed by atoms with E-state index in [0.29, 0.717) is 19.3 Å². The normalized spacial score (nSPS) is 19.9. The third-order valence-corrected chi connectivity index (χ3v) is 5.17. The smallest absolute Gasteiger partial charge is 0.244 e. The summed E-state index contributed by atoms with van der Waals surface area (Å²) in [6.45, 7) is 5.04. The van der Waals surface area contributed by atoms with Gasteiger partial charge in [0, 0.05) is 39.0 Å². The van der Waals surface area contributed by atoms with Crippen LogP contribution in [-0.2, 0) is 14.4 Å². The number of hydrogen-bond acceptors (Lipinski definition) is 3. The van der Waals surface area contributed by atoms with Crippen LogP contribution >= 0.6 is 0 Å². The molecular formula is C19H33N3O3. The van der Waals surface area contributed by atoms with Gasteiger partial charge in [-0.05, 0) is 45.4 Å². The Morgan fingerprint density at radius 2 is 1.32 bits per heavy atom. The van der Waals surface area contributed by atoms with E-state index in [0.717, 1.165) is 51.9 Å². The van der Waals surface area contributed by atoms with Crippen molar-refractivity contribution in [2.75, 3.05) is 26.2 Å². The fourth-order valence-corrected chi connectivity index (χ4v) is 3.64. The van der Waals surface area contributed by atoms with Gasteiger partial charge in [-0.15, -0.1) is 0 Å². The molecule has 0 aliphatic carbocycles. The molecule has 2 aliphatic heterocycles. The number of carbonyl (C=O) groups is 3. The number of carbonyl (C=O) groups excluding carboxylic acids is 3. The molecule has 2 aliphatic rings. The molecule has 0 spiro atoms. The molecule has 2 rings (SSSR count). The summed E-state index contributed by atoms with van der Waals surface area (Å²) in [7, 11) is 0. The molecule has 0 radical (unpaired) electrons. The van der Waals surface area contributed by atoms with Crippen molar-refractivity contribution in [3.05, 3.63) is 0 Å². The molecule has 0 aromatic rings. The van der Waals surface area contributed by atoms with Gasteiger partial charge in [0.1, 0.15) is 6.04 Å². The Kier molecular flexibility index (Phi) is 8.22. The Hall–Kier alpha value is -1.59. The SMILES string of the molecule is CC(NC(=O)CCCC(=O)N1CCCCCC1)C(=O)N1CCCCC1. The van der Waals surface area contributed by atoms with Gasteiger partial charge < -0.3 is 15.1 Å². The van der Waals surface area contributed by atoms with Crippen LogP contribution in [0, 0.1) is 0 Å². The lowest BCUT2D eigenvalue weighted by Crippen LogP contribution is -2.48. The van der Waals surface area contributed by atoms with Crippen molar-refractivity contribution in [2.24, 2.45) is 0 Å². The summed E-state index contributed by atoms with van der Waals surface area (Å²) in [6.07, 6.45) is 9.12. The maximum atomic E-state index is 12.3. The summed E-state index contributed by atoms with van der Waals surface area (Å²) < 4.78 is 0. The predicted octanol–water partition coefficient (Wildman–Crippen LogP) is 2.08. The average Bonchev–Trinajstić information content (AvgIpc) is 2.91. The van der Waals surface area contributed by atoms with E-state index < -0.39 is 6.04 Å². The third kappa shape index (κ3) is 6.67. The van der Waals surface area contributed by atoms with Crippen LogP contribution < -0.4 is 5.32 Å². The van der Waals surface area contributed by atoms with Crippen LogP contribution in [0.15, 0.2) is 0 Å². The van der Waals surface area contributed by atoms with E-state index in [1.54, 1.807) is 6.92 Å². The topological polar surface area (TPSA) is 69.7 Å². The lowest BCUT2D eigenvalue weighted by Gasteiger charge is -2.29. The summed E-state index contributed by atoms with van der Waals surface area (Å²) in [5.74, 6) is 0.0300. The summed E-state index contributed by atoms with van der Waals surface area (Å²) in [6, 6.07) is -0.480. The van der Waals surface area contributed by atoms with E-state index in [4.69, 9.17) is 0 Å². The molecule has 6 heteroatoms. The Balaban J connectivity index is 1.64. The van der Waals surface area contributed by atoms with E-state index in [2.05, 4.69) is 5.32 Å². The lowest BCUT2D eigenvalue weighted by molar-refractivity contribution is -0.137. The number of nitrogens with zero attached hydrogens (tertiary/aromatic N) is 2. The second-order valence-electron chi connectivity index (χ2n) is 7.32. The van der Waals surface area contributed by atoms with Crippen molar-refractivity contribution < 1.29 is 14.4 Å². The van der Waals surface area contributed by atoms with Gasteiger partial charge in [0.15, 0.2) is 0 Å². The van der Waals surface area contributed by atoms with Crippen LogP contribution in [0.5, 0.6) is 0 Å². The van der Waals surface area contributed by atoms with Crippen molar-refractivity contribution in [2.45, 2.75) is 77.2 Å². The van der Waals surface area contributed by atoms with Gasteiger partial charge in [0.05, 0.1) is 0 Å². The van der Waals surface area contributed by atoms with E-state index in [1.807, 2.05) is 9.80 Å². The molecule has 2 heterocycles. The Labute approximate surface area is 151 Å². The largest absolute Gasteiger partial charge is 0.345 e. The fraction of sp³-hybridized carbons (Fsp3) is 0.842. The van der Waals surface area contributed by atoms with Gasteiger partial charge in [-0.25, -0.2) is 0 Å². The molecule has 3 amide bonds. The molecule has 2 saturated heterocycles. The first-order valence-corrected chi connectivity index (χ1v) is 9.94. The minimum absolute atomic E-state index is 0.00805. The summed E-state index contributed by atoms with van der Waals surface area (Å²) in [5, 5.41) is 2.79. The number of rotatable bonds is 6. The molecule has 2 fully saturated rings. The van der Waals surface area contributed by atoms with Gasteiger partial charge in [-0.2, -0.15) is 0 Å². The first kappa shape index (κ1) is 19.7. The standard InChI is InChI=1S/C19H33N3O3/c1-16(19(25)22-14-7-4-8-15-22)20-17(23)10-9-11-18(24)21-12-5-2-3-6-13-21/h16H,2-15H2,1H3,(H,20,23). The van der Waals surface area contributed by atoms with Gasteiger partial charge in [0.25, 0.3) is 0 Å². The minimum atomic E-state index is -0.480. The quantitative estimate of drug-likeness (QED) is 0.796. The molecule has 0 aromatic carbocycles. The van der Waals surface area contributed by atoms with E-state index >= 15 is 0 Å². The Morgan fingerprint density at radius 3 is 1.92 bits per heavy atom. The highest BCUT2D eigenvalue weighted by atomic mass is 16.2. The molecule has 0 saturated carbocycles. The van der Waals surface area contributed by atoms with Gasteiger partial charge in [0.2, 0.25) is 17.7 Å². The highest BCUT2D eigenvalue weighted by Crippen LogP contribution is 2.12. The fourth-order valence-electron chi connectivity index (χ4n) is 3.64. The molecule has 25 heavy (non-hydrogen) atoms. The van der Waals surface area contributed by atoms with Crippen LogP contribution in [0.2, 0.25) is 0 Å². The zero-order valence-electron chi connectivity index (χ0n) is 15.6. The van der Waals surface area contributed by atoms with E-state index in [-0.39, 0.29) is 17.7 Å². The second kappa shape index (κ2) is 10.4. The Bertz CT molecular complexity index is 453. The van der Waals surface area contributed by atoms with E-state index in [9.17, 15) is 14.4 Å². The maximum absolute atomic E-state index is 12.3. The highest BCUT2D eigenvalue weighted by molar-refractivity contribution is 5.87. The number of nitrogens with one attached hydrogen (secondary N) is 1. The number of likely N-dealkylation sites (tertiary alicyclic amines) is 2. The number of piperidine rings is 1. The number of amides is 3. The van der Waals surface area contributed by atoms with Crippen molar-refractivity contribution in [3.8, 4) is 0 Å². The van der Waals surface area contributed by atoms with Crippen molar-refractivity contribution in [3.63, 3.8) is 0 Å². The molecule has 1 unspecified atom stereocenters. The summed E-state index contributed by atoms with van der Waals surface area (Å²) >= 11 is 0. The molecular weight excluding hydrogens is 318 g/mol. The van der Waals surface area contributed by atoms with E-state index in [1.165, 1.54) is 19.3 Å². The summed E-state index contributed by atoms with van der Waals surface area (Å²) in [5.41, 5.74) is 0. The highest BCUT2D eigenvalue weighted by Gasteiger charge is 2.23. The zero-order valence-corrected chi connectivity index (χ0v) is 15.6. The molecule has 1 N–H and O–H groups in total. The minimum Gasteiger partial charge on any atom is -0.345 e. The molecule has 1 atom stereocenters. The Morgan fingerprint density at radius 1 is 0.800 bits per heavy atom. The monoisotopic (exact) mass is 351 g/mol. The second-order valence-corrected chi connectivity index (χ2v) is 7.32. The van der Waals surface area contributed by atoms with Crippen LogP contribution in [0.25, 0.3) is 0 Å². The average molecular weight is 351 g/mol. The number of hydrogen-bond donors (Lipinski definition) is 1. The molecule has 6 nitrogen and oxygen atoms in total. The van der Waals surface area contributed by atoms with Crippen molar-refractivity contribution in [1.29, 1.82) is 0 Å². The lowest BCUT2D eigenvalue weighted by atomic mass is 10.1. The molecule has 0 aromatic heterocycles. The maximum Gasteiger partial charge on any atom is 0.244 e. The zero-order chi connectivity index (χ0) is 18.1. The van der Waals surface area contributed by atoms with Crippen LogP contribution in [0.3, 0.4) is 0 Å². The van der Waals surface area contributed by atoms with Crippen LogP contribution in [0.1, 0.15) is 71.1 Å². The summed E-state index contributed by atoms with van der Waals surface area (Å²) in [4.78, 5) is 40.3. The van der Waals surface area contributed by atoms with Gasteiger partial charge in [-0.3, -0.25) is 14.4 Å². The first-order chi connectivity index (χ1) is 12.1. The van der Waals surface area contributed by atoms with Crippen molar-refractivity contribution in [1.82, 2.24) is 15.1 Å². The van der Waals surface area contributed by atoms with Crippen LogP contribution in [-0.4, -0.2) is 59.7 Å². The van der Waals surface area contributed by atoms with Crippen LogP contribution in [0.4, 0.5) is 0 Å². The first-order valence-electron chi connectivity index (χ1n) is 9.94. The molecule has 142 valence electrons. The van der Waals surface area contributed by atoms with Gasteiger partial charge in [-0.1, -0.05) is 12.8 Å². The predicted molar refractivity (Wildman–Crippen MR) is 96.9 cm³/mol. The van der Waals surface area contributed by atoms with Crippen molar-refractivity contribution >= 4 is 17.7 Å².